The van der Waals surface area contributed by atoms with Crippen molar-refractivity contribution in [1.29, 1.82) is 0 Å². The van der Waals surface area contributed by atoms with Gasteiger partial charge in [0.05, 0.1) is 0 Å². The Hall–Kier alpha value is -2.94. The van der Waals surface area contributed by atoms with E-state index in [4.69, 9.17) is 15.2 Å². The predicted molar refractivity (Wildman–Crippen MR) is 86.5 cm³/mol. The van der Waals surface area contributed by atoms with Gasteiger partial charge in [-0.25, -0.2) is 0 Å². The normalized spacial score (nSPS) is 10.8. The van der Waals surface area contributed by atoms with Gasteiger partial charge in [-0.2, -0.15) is 0 Å². The first kappa shape index (κ1) is 14.5. The highest BCUT2D eigenvalue weighted by Crippen LogP contribution is 2.26. The molecular weight excluding hydrogens is 262 g/mol. The highest BCUT2D eigenvalue weighted by Gasteiger charge is 2.01. The first-order chi connectivity index (χ1) is 10.2. The lowest BCUT2D eigenvalue weighted by Crippen LogP contribution is -1.92. The van der Waals surface area contributed by atoms with Crippen LogP contribution in [0.5, 0.6) is 17.2 Å². The first-order valence-corrected chi connectivity index (χ1v) is 6.48. The summed E-state index contributed by atoms with van der Waals surface area (Å²) in [6, 6.07) is 14.6. The summed E-state index contributed by atoms with van der Waals surface area (Å²) in [5.41, 5.74) is 6.34. The van der Waals surface area contributed by atoms with Gasteiger partial charge >= 0.3 is 0 Å². The molecule has 2 N–H and O–H groups in total. The molecule has 0 spiro atoms. The third kappa shape index (κ3) is 4.28. The van der Waals surface area contributed by atoms with E-state index in [-0.39, 0.29) is 0 Å². The zero-order valence-corrected chi connectivity index (χ0v) is 11.7. The van der Waals surface area contributed by atoms with Crippen LogP contribution < -0.4 is 15.2 Å². The summed E-state index contributed by atoms with van der Waals surface area (Å²) in [5, 5.41) is 0. The van der Waals surface area contributed by atoms with Gasteiger partial charge in [0.25, 0.3) is 0 Å². The standard InChI is InChI=1S/C18H17NO2/c1-3-6-15(4-2)20-17-7-5-8-18(13-17)21-16-11-9-14(19)10-12-16/h3-13H,1-2,19H2/b15-6+. The Morgan fingerprint density at radius 1 is 0.952 bits per heavy atom. The van der Waals surface area contributed by atoms with Crippen LogP contribution in [0.25, 0.3) is 0 Å². The number of hydrogen-bond donors (Lipinski definition) is 1. The average molecular weight is 279 g/mol. The van der Waals surface area contributed by atoms with Crippen molar-refractivity contribution < 1.29 is 9.47 Å². The molecule has 0 saturated heterocycles. The van der Waals surface area contributed by atoms with E-state index in [1.807, 2.05) is 30.3 Å². The van der Waals surface area contributed by atoms with Crippen molar-refractivity contribution in [3.8, 4) is 17.2 Å². The second-order valence-electron chi connectivity index (χ2n) is 4.26. The molecule has 0 aliphatic heterocycles. The molecule has 0 amide bonds. The second-order valence-corrected chi connectivity index (χ2v) is 4.26. The lowest BCUT2D eigenvalue weighted by Gasteiger charge is -2.09. The van der Waals surface area contributed by atoms with E-state index in [1.165, 1.54) is 0 Å². The van der Waals surface area contributed by atoms with Crippen molar-refractivity contribution >= 4 is 5.69 Å². The molecule has 0 radical (unpaired) electrons. The highest BCUT2D eigenvalue weighted by molar-refractivity contribution is 5.44. The van der Waals surface area contributed by atoms with Gasteiger partial charge in [0, 0.05) is 11.8 Å². The minimum absolute atomic E-state index is 0.620. The van der Waals surface area contributed by atoms with Gasteiger partial charge in [-0.1, -0.05) is 25.3 Å². The fourth-order valence-corrected chi connectivity index (χ4v) is 1.67. The van der Waals surface area contributed by atoms with Crippen molar-refractivity contribution in [3.05, 3.63) is 85.7 Å². The molecule has 0 heterocycles. The molecule has 0 atom stereocenters. The maximum atomic E-state index is 5.75. The molecule has 0 saturated carbocycles. The Bertz CT molecular complexity index is 657. The van der Waals surface area contributed by atoms with Gasteiger partial charge in [0.1, 0.15) is 23.0 Å². The zero-order valence-electron chi connectivity index (χ0n) is 11.7. The predicted octanol–water partition coefficient (Wildman–Crippen LogP) is 4.70. The van der Waals surface area contributed by atoms with Gasteiger partial charge in [-0.3, -0.25) is 0 Å². The van der Waals surface area contributed by atoms with E-state index in [9.17, 15) is 0 Å². The fourth-order valence-electron chi connectivity index (χ4n) is 1.67. The number of benzene rings is 2. The van der Waals surface area contributed by atoms with Crippen molar-refractivity contribution in [2.45, 2.75) is 0 Å². The van der Waals surface area contributed by atoms with Crippen molar-refractivity contribution in [2.75, 3.05) is 5.73 Å². The smallest absolute Gasteiger partial charge is 0.131 e. The number of rotatable bonds is 6. The minimum Gasteiger partial charge on any atom is -0.457 e. The monoisotopic (exact) mass is 279 g/mol. The molecule has 0 aliphatic rings. The van der Waals surface area contributed by atoms with E-state index in [0.717, 1.165) is 0 Å². The largest absolute Gasteiger partial charge is 0.457 e. The van der Waals surface area contributed by atoms with Crippen LogP contribution in [-0.4, -0.2) is 0 Å². The van der Waals surface area contributed by atoms with Gasteiger partial charge < -0.3 is 15.2 Å². The Morgan fingerprint density at radius 2 is 1.67 bits per heavy atom. The molecule has 0 aliphatic carbocycles. The van der Waals surface area contributed by atoms with Crippen LogP contribution in [0.15, 0.2) is 85.7 Å². The second kappa shape index (κ2) is 7.01. The molecule has 0 aromatic heterocycles. The van der Waals surface area contributed by atoms with E-state index in [1.54, 1.807) is 36.4 Å². The SMILES string of the molecule is C=C/C=C(\C=C)Oc1cccc(Oc2ccc(N)cc2)c1. The van der Waals surface area contributed by atoms with Gasteiger partial charge in [0.15, 0.2) is 0 Å². The van der Waals surface area contributed by atoms with Crippen molar-refractivity contribution in [2.24, 2.45) is 0 Å². The topological polar surface area (TPSA) is 44.5 Å². The summed E-state index contributed by atoms with van der Waals surface area (Å²) < 4.78 is 11.4. The number of hydrogen-bond acceptors (Lipinski definition) is 3. The van der Waals surface area contributed by atoms with Crippen LogP contribution in [0, 0.1) is 0 Å². The van der Waals surface area contributed by atoms with E-state index < -0.39 is 0 Å². The average Bonchev–Trinajstić information content (AvgIpc) is 2.49. The number of anilines is 1. The molecule has 3 nitrogen and oxygen atoms in total. The quantitative estimate of drug-likeness (QED) is 0.473. The summed E-state index contributed by atoms with van der Waals surface area (Å²) in [5.74, 6) is 2.68. The van der Waals surface area contributed by atoms with E-state index >= 15 is 0 Å². The van der Waals surface area contributed by atoms with Crippen LogP contribution in [0.2, 0.25) is 0 Å². The summed E-state index contributed by atoms with van der Waals surface area (Å²) in [6.07, 6.45) is 5.00. The molecule has 106 valence electrons. The molecule has 21 heavy (non-hydrogen) atoms. The molecule has 2 aromatic carbocycles. The van der Waals surface area contributed by atoms with Crippen LogP contribution in [-0.2, 0) is 0 Å². The number of allylic oxidation sites excluding steroid dienone is 3. The van der Waals surface area contributed by atoms with Crippen LogP contribution in [0.4, 0.5) is 5.69 Å². The Balaban J connectivity index is 2.13. The summed E-state index contributed by atoms with van der Waals surface area (Å²) in [4.78, 5) is 0. The lowest BCUT2D eigenvalue weighted by atomic mass is 10.3. The lowest BCUT2D eigenvalue weighted by molar-refractivity contribution is 0.435. The molecule has 0 fully saturated rings. The third-order valence-corrected chi connectivity index (χ3v) is 2.64. The Kier molecular flexibility index (Phi) is 4.83. The Labute approximate surface area is 124 Å². The summed E-state index contributed by atoms with van der Waals surface area (Å²) in [6.45, 7) is 7.32. The molecule has 0 unspecified atom stereocenters. The van der Waals surface area contributed by atoms with Crippen LogP contribution in [0.1, 0.15) is 0 Å². The van der Waals surface area contributed by atoms with Gasteiger partial charge in [-0.05, 0) is 48.6 Å². The van der Waals surface area contributed by atoms with Gasteiger partial charge in [-0.15, -0.1) is 0 Å². The molecule has 3 heteroatoms. The number of ether oxygens (including phenoxy) is 2. The maximum absolute atomic E-state index is 5.75. The third-order valence-electron chi connectivity index (χ3n) is 2.64. The minimum atomic E-state index is 0.620. The zero-order chi connectivity index (χ0) is 15.1. The molecule has 0 bridgehead atoms. The fraction of sp³-hybridized carbons (Fsp3) is 0. The summed E-state index contributed by atoms with van der Waals surface area (Å²) in [7, 11) is 0. The summed E-state index contributed by atoms with van der Waals surface area (Å²) >= 11 is 0. The number of nitrogen functional groups attached to an aromatic ring is 1. The Morgan fingerprint density at radius 3 is 2.33 bits per heavy atom. The van der Waals surface area contributed by atoms with Crippen LogP contribution >= 0.6 is 0 Å². The van der Waals surface area contributed by atoms with Crippen LogP contribution in [0.3, 0.4) is 0 Å². The molecular formula is C18H17NO2. The van der Waals surface area contributed by atoms with E-state index in [2.05, 4.69) is 13.2 Å². The van der Waals surface area contributed by atoms with Crippen molar-refractivity contribution in [3.63, 3.8) is 0 Å². The molecule has 2 rings (SSSR count). The van der Waals surface area contributed by atoms with Crippen molar-refractivity contribution in [1.82, 2.24) is 0 Å². The first-order valence-electron chi connectivity index (χ1n) is 6.48. The maximum Gasteiger partial charge on any atom is 0.131 e. The molecule has 2 aromatic rings. The van der Waals surface area contributed by atoms with Gasteiger partial charge in [0.2, 0.25) is 0 Å². The number of nitrogens with two attached hydrogens (primary N) is 1. The van der Waals surface area contributed by atoms with E-state index in [0.29, 0.717) is 28.7 Å². The highest BCUT2D eigenvalue weighted by atomic mass is 16.5.